The van der Waals surface area contributed by atoms with Gasteiger partial charge in [-0.15, -0.1) is 0 Å². The Kier molecular flexibility index (Phi) is 5.63. The maximum atomic E-state index is 13.0. The molecule has 3 heterocycles. The molecule has 1 aliphatic heterocycles. The fourth-order valence-corrected chi connectivity index (χ4v) is 4.44. The van der Waals surface area contributed by atoms with Gasteiger partial charge < -0.3 is 14.6 Å². The van der Waals surface area contributed by atoms with Gasteiger partial charge in [0.2, 0.25) is 5.88 Å². The summed E-state index contributed by atoms with van der Waals surface area (Å²) >= 11 is 0. The van der Waals surface area contributed by atoms with E-state index in [0.717, 1.165) is 31.5 Å². The number of amides is 1. The quantitative estimate of drug-likeness (QED) is 0.445. The van der Waals surface area contributed by atoms with Crippen molar-refractivity contribution in [2.24, 2.45) is 0 Å². The minimum atomic E-state index is -0.103. The lowest BCUT2D eigenvalue weighted by Crippen LogP contribution is -2.38. The zero-order chi connectivity index (χ0) is 21.9. The van der Waals surface area contributed by atoms with Crippen LogP contribution in [0.1, 0.15) is 53.4 Å². The zero-order valence-corrected chi connectivity index (χ0v) is 18.2. The second-order valence-electron chi connectivity index (χ2n) is 8.43. The third-order valence-corrected chi connectivity index (χ3v) is 6.32. The molecule has 1 fully saturated rings. The van der Waals surface area contributed by atoms with Crippen molar-refractivity contribution in [3.05, 3.63) is 95.8 Å². The van der Waals surface area contributed by atoms with Crippen molar-refractivity contribution in [2.75, 3.05) is 13.1 Å². The number of benzene rings is 2. The fraction of sp³-hybridized carbons (Fsp3) is 0.259. The lowest BCUT2D eigenvalue weighted by molar-refractivity contribution is 0.0711. The lowest BCUT2D eigenvalue weighted by atomic mass is 9.93. The number of carbonyl (C=O) groups excluding carboxylic acids is 1. The van der Waals surface area contributed by atoms with E-state index in [9.17, 15) is 4.79 Å². The van der Waals surface area contributed by atoms with E-state index < -0.39 is 0 Å². The molecule has 5 rings (SSSR count). The Balaban J connectivity index is 1.19. The first-order valence-electron chi connectivity index (χ1n) is 11.2. The van der Waals surface area contributed by atoms with Gasteiger partial charge in [-0.3, -0.25) is 4.79 Å². The monoisotopic (exact) mass is 425 g/mol. The van der Waals surface area contributed by atoms with E-state index in [4.69, 9.17) is 4.74 Å². The summed E-state index contributed by atoms with van der Waals surface area (Å²) < 4.78 is 5.93. The van der Waals surface area contributed by atoms with Gasteiger partial charge in [0.25, 0.3) is 5.91 Å². The first-order chi connectivity index (χ1) is 15.7. The average molecular weight is 426 g/mol. The van der Waals surface area contributed by atoms with Crippen LogP contribution in [-0.2, 0) is 0 Å². The third kappa shape index (κ3) is 4.24. The standard InChI is InChI=1S/C27H27N3O2/c1-19(20-7-3-2-4-8-20)32-26-12-11-23(18-28-26)27(31)30-15-13-21(14-16-30)25-17-22-9-5-6-10-24(22)29-25/h2-12,17-19,21,29H,13-16H2,1H3. The van der Waals surface area contributed by atoms with Crippen LogP contribution in [0.3, 0.4) is 0 Å². The topological polar surface area (TPSA) is 58.2 Å². The number of hydrogen-bond acceptors (Lipinski definition) is 3. The molecule has 1 atom stereocenters. The summed E-state index contributed by atoms with van der Waals surface area (Å²) in [6.07, 6.45) is 3.44. The summed E-state index contributed by atoms with van der Waals surface area (Å²) in [6.45, 7) is 3.50. The Morgan fingerprint density at radius 1 is 1.03 bits per heavy atom. The van der Waals surface area contributed by atoms with E-state index >= 15 is 0 Å². The van der Waals surface area contributed by atoms with Crippen molar-refractivity contribution in [1.29, 1.82) is 0 Å². The van der Waals surface area contributed by atoms with Gasteiger partial charge in [0, 0.05) is 42.5 Å². The molecule has 1 N–H and O–H groups in total. The van der Waals surface area contributed by atoms with Crippen LogP contribution in [0, 0.1) is 0 Å². The second-order valence-corrected chi connectivity index (χ2v) is 8.43. The van der Waals surface area contributed by atoms with Crippen LogP contribution in [0.2, 0.25) is 0 Å². The Labute approximate surface area is 188 Å². The summed E-state index contributed by atoms with van der Waals surface area (Å²) in [5, 5.41) is 1.25. The number of para-hydroxylation sites is 1. The molecule has 0 saturated carbocycles. The minimum Gasteiger partial charge on any atom is -0.470 e. The van der Waals surface area contributed by atoms with Crippen molar-refractivity contribution in [3.63, 3.8) is 0 Å². The van der Waals surface area contributed by atoms with Gasteiger partial charge in [-0.05, 0) is 48.9 Å². The molecule has 1 aliphatic rings. The highest BCUT2D eigenvalue weighted by atomic mass is 16.5. The number of hydrogen-bond donors (Lipinski definition) is 1. The molecule has 0 bridgehead atoms. The van der Waals surface area contributed by atoms with Crippen molar-refractivity contribution >= 4 is 16.8 Å². The Morgan fingerprint density at radius 3 is 2.50 bits per heavy atom. The highest BCUT2D eigenvalue weighted by Crippen LogP contribution is 2.30. The predicted octanol–water partition coefficient (Wildman–Crippen LogP) is 5.72. The van der Waals surface area contributed by atoms with Gasteiger partial charge in [-0.2, -0.15) is 0 Å². The van der Waals surface area contributed by atoms with E-state index in [-0.39, 0.29) is 12.0 Å². The van der Waals surface area contributed by atoms with E-state index in [1.807, 2.05) is 48.2 Å². The molecule has 32 heavy (non-hydrogen) atoms. The van der Waals surface area contributed by atoms with E-state index in [1.54, 1.807) is 12.3 Å². The normalized spacial score (nSPS) is 15.6. The fourth-order valence-electron chi connectivity index (χ4n) is 4.44. The van der Waals surface area contributed by atoms with Crippen LogP contribution >= 0.6 is 0 Å². The molecule has 4 aromatic rings. The molecule has 1 amide bonds. The summed E-state index contributed by atoms with van der Waals surface area (Å²) in [4.78, 5) is 22.8. The van der Waals surface area contributed by atoms with Gasteiger partial charge in [0.15, 0.2) is 0 Å². The molecule has 2 aromatic heterocycles. The number of nitrogens with one attached hydrogen (secondary N) is 1. The Morgan fingerprint density at radius 2 is 1.78 bits per heavy atom. The molecule has 5 nitrogen and oxygen atoms in total. The van der Waals surface area contributed by atoms with Crippen LogP contribution in [0.15, 0.2) is 79.0 Å². The summed E-state index contributed by atoms with van der Waals surface area (Å²) in [5.41, 5.74) is 4.14. The number of aromatic amines is 1. The number of aromatic nitrogens is 2. The lowest BCUT2D eigenvalue weighted by Gasteiger charge is -2.31. The number of H-pyrrole nitrogens is 1. The summed E-state index contributed by atoms with van der Waals surface area (Å²) in [5.74, 6) is 1.02. The predicted molar refractivity (Wildman–Crippen MR) is 126 cm³/mol. The largest absolute Gasteiger partial charge is 0.470 e. The number of rotatable bonds is 5. The maximum absolute atomic E-state index is 13.0. The molecule has 5 heteroatoms. The second kappa shape index (κ2) is 8.87. The number of likely N-dealkylation sites (tertiary alicyclic amines) is 1. The molecule has 0 spiro atoms. The maximum Gasteiger partial charge on any atom is 0.255 e. The molecule has 0 aliphatic carbocycles. The van der Waals surface area contributed by atoms with Crippen molar-refractivity contribution < 1.29 is 9.53 Å². The SMILES string of the molecule is CC(Oc1ccc(C(=O)N2CCC(c3cc4ccccc4[nH]3)CC2)cn1)c1ccccc1. The first kappa shape index (κ1) is 20.3. The number of nitrogens with zero attached hydrogens (tertiary/aromatic N) is 2. The van der Waals surface area contributed by atoms with E-state index in [2.05, 4.69) is 40.3 Å². The first-order valence-corrected chi connectivity index (χ1v) is 11.2. The van der Waals surface area contributed by atoms with Gasteiger partial charge in [0.1, 0.15) is 6.10 Å². The van der Waals surface area contributed by atoms with Gasteiger partial charge in [0.05, 0.1) is 5.56 Å². The Bertz CT molecular complexity index is 1160. The van der Waals surface area contributed by atoms with Crippen LogP contribution in [-0.4, -0.2) is 33.9 Å². The number of fused-ring (bicyclic) bond motifs is 1. The van der Waals surface area contributed by atoms with Crippen LogP contribution in [0.25, 0.3) is 10.9 Å². The van der Waals surface area contributed by atoms with E-state index in [0.29, 0.717) is 17.4 Å². The van der Waals surface area contributed by atoms with Crippen LogP contribution < -0.4 is 4.74 Å². The van der Waals surface area contributed by atoms with Crippen LogP contribution in [0.4, 0.5) is 0 Å². The average Bonchev–Trinajstić information content (AvgIpc) is 3.29. The highest BCUT2D eigenvalue weighted by Gasteiger charge is 2.25. The smallest absolute Gasteiger partial charge is 0.255 e. The molecular weight excluding hydrogens is 398 g/mol. The third-order valence-electron chi connectivity index (χ3n) is 6.32. The van der Waals surface area contributed by atoms with Gasteiger partial charge in [-0.25, -0.2) is 4.98 Å². The summed E-state index contributed by atoms with van der Waals surface area (Å²) in [6, 6.07) is 24.2. The molecule has 2 aromatic carbocycles. The molecule has 162 valence electrons. The molecule has 0 radical (unpaired) electrons. The van der Waals surface area contributed by atoms with Crippen LogP contribution in [0.5, 0.6) is 5.88 Å². The van der Waals surface area contributed by atoms with Gasteiger partial charge >= 0.3 is 0 Å². The molecule has 1 saturated heterocycles. The molecular formula is C27H27N3O2. The van der Waals surface area contributed by atoms with Crippen molar-refractivity contribution in [1.82, 2.24) is 14.9 Å². The number of ether oxygens (including phenoxy) is 1. The highest BCUT2D eigenvalue weighted by molar-refractivity contribution is 5.94. The number of piperidine rings is 1. The van der Waals surface area contributed by atoms with Crippen molar-refractivity contribution in [3.8, 4) is 5.88 Å². The van der Waals surface area contributed by atoms with Crippen molar-refractivity contribution in [2.45, 2.75) is 31.8 Å². The summed E-state index contributed by atoms with van der Waals surface area (Å²) in [7, 11) is 0. The van der Waals surface area contributed by atoms with E-state index in [1.165, 1.54) is 16.6 Å². The number of carbonyl (C=O) groups is 1. The molecule has 1 unspecified atom stereocenters. The zero-order valence-electron chi connectivity index (χ0n) is 18.2. The minimum absolute atomic E-state index is 0.0373. The Hall–Kier alpha value is -3.60. The number of pyridine rings is 1. The van der Waals surface area contributed by atoms with Gasteiger partial charge in [-0.1, -0.05) is 48.5 Å².